The molecule has 0 N–H and O–H groups in total. The first-order valence-electron chi connectivity index (χ1n) is 6.68. The smallest absolute Gasteiger partial charge is 0.230 e. The molecule has 0 aliphatic carbocycles. The maximum Gasteiger partial charge on any atom is 0.230 e. The first-order valence-corrected chi connectivity index (χ1v) is 7.05. The average molecular weight is 311 g/mol. The molecule has 0 unspecified atom stereocenters. The van der Waals surface area contributed by atoms with E-state index in [-0.39, 0.29) is 16.7 Å². The summed E-state index contributed by atoms with van der Waals surface area (Å²) in [7, 11) is 0. The predicted octanol–water partition coefficient (Wildman–Crippen LogP) is 3.38. The van der Waals surface area contributed by atoms with E-state index < -0.39 is 11.6 Å². The van der Waals surface area contributed by atoms with Crippen LogP contribution in [0.5, 0.6) is 0 Å². The van der Waals surface area contributed by atoms with Crippen molar-refractivity contribution in [3.63, 3.8) is 0 Å². The van der Waals surface area contributed by atoms with Gasteiger partial charge in [0.05, 0.1) is 5.56 Å². The molecule has 1 aliphatic heterocycles. The first kappa shape index (κ1) is 14.1. The lowest BCUT2D eigenvalue weighted by Crippen LogP contribution is -2.21. The first-order chi connectivity index (χ1) is 10.1. The third-order valence-electron chi connectivity index (χ3n) is 3.49. The monoisotopic (exact) mass is 310 g/mol. The van der Waals surface area contributed by atoms with E-state index in [0.717, 1.165) is 25.9 Å². The zero-order chi connectivity index (χ0) is 15.0. The standard InChI is InChI=1S/C14H13ClF2N4/c1-8-4-5-9(16)10(11(8)17)12-18-13(15)20-14(19-12)21-6-2-3-7-21/h4-5H,2-3,6-7H2,1H3. The van der Waals surface area contributed by atoms with E-state index in [4.69, 9.17) is 11.6 Å². The van der Waals surface area contributed by atoms with Crippen molar-refractivity contribution >= 4 is 17.5 Å². The van der Waals surface area contributed by atoms with E-state index >= 15 is 0 Å². The molecule has 1 aliphatic rings. The molecule has 1 aromatic carbocycles. The Labute approximate surface area is 125 Å². The van der Waals surface area contributed by atoms with Crippen LogP contribution in [0, 0.1) is 18.6 Å². The summed E-state index contributed by atoms with van der Waals surface area (Å²) < 4.78 is 28.2. The van der Waals surface area contributed by atoms with Gasteiger partial charge in [-0.2, -0.15) is 15.0 Å². The van der Waals surface area contributed by atoms with Crippen molar-refractivity contribution < 1.29 is 8.78 Å². The maximum absolute atomic E-state index is 14.2. The molecule has 3 rings (SSSR count). The van der Waals surface area contributed by atoms with Gasteiger partial charge in [0.15, 0.2) is 5.82 Å². The molecule has 0 radical (unpaired) electrons. The van der Waals surface area contributed by atoms with Gasteiger partial charge in [0.2, 0.25) is 11.2 Å². The fourth-order valence-corrected chi connectivity index (χ4v) is 2.53. The van der Waals surface area contributed by atoms with Crippen LogP contribution in [0.4, 0.5) is 14.7 Å². The number of nitrogens with zero attached hydrogens (tertiary/aromatic N) is 4. The largest absolute Gasteiger partial charge is 0.341 e. The lowest BCUT2D eigenvalue weighted by Gasteiger charge is -2.16. The Balaban J connectivity index is 2.12. The van der Waals surface area contributed by atoms with Crippen molar-refractivity contribution in [2.24, 2.45) is 0 Å². The molecule has 2 aromatic rings. The van der Waals surface area contributed by atoms with Gasteiger partial charge in [0, 0.05) is 13.1 Å². The summed E-state index contributed by atoms with van der Waals surface area (Å²) in [6, 6.07) is 2.57. The van der Waals surface area contributed by atoms with Gasteiger partial charge in [-0.15, -0.1) is 0 Å². The van der Waals surface area contributed by atoms with Gasteiger partial charge in [-0.3, -0.25) is 0 Å². The van der Waals surface area contributed by atoms with E-state index in [1.165, 1.54) is 12.1 Å². The van der Waals surface area contributed by atoms with Crippen molar-refractivity contribution in [3.8, 4) is 11.4 Å². The summed E-state index contributed by atoms with van der Waals surface area (Å²) in [6.07, 6.45) is 2.07. The molecule has 1 aromatic heterocycles. The molecule has 0 bridgehead atoms. The van der Waals surface area contributed by atoms with E-state index in [1.54, 1.807) is 6.92 Å². The van der Waals surface area contributed by atoms with Crippen LogP contribution in [0.15, 0.2) is 12.1 Å². The summed E-state index contributed by atoms with van der Waals surface area (Å²) >= 11 is 5.89. The SMILES string of the molecule is Cc1ccc(F)c(-c2nc(Cl)nc(N3CCCC3)n2)c1F. The van der Waals surface area contributed by atoms with Crippen LogP contribution in [0.2, 0.25) is 5.28 Å². The minimum Gasteiger partial charge on any atom is -0.341 e. The molecular formula is C14H13ClF2N4. The second-order valence-corrected chi connectivity index (χ2v) is 5.31. The number of hydrogen-bond acceptors (Lipinski definition) is 4. The fourth-order valence-electron chi connectivity index (χ4n) is 2.37. The van der Waals surface area contributed by atoms with Gasteiger partial charge in [0.1, 0.15) is 11.6 Å². The molecule has 0 spiro atoms. The zero-order valence-corrected chi connectivity index (χ0v) is 12.2. The van der Waals surface area contributed by atoms with Crippen molar-refractivity contribution in [2.75, 3.05) is 18.0 Å². The van der Waals surface area contributed by atoms with Crippen LogP contribution < -0.4 is 4.90 Å². The Morgan fingerprint density at radius 1 is 1.10 bits per heavy atom. The Hall–Kier alpha value is -1.82. The number of anilines is 1. The van der Waals surface area contributed by atoms with Gasteiger partial charge in [-0.1, -0.05) is 6.07 Å². The van der Waals surface area contributed by atoms with Crippen LogP contribution in [-0.4, -0.2) is 28.0 Å². The molecule has 1 fully saturated rings. The van der Waals surface area contributed by atoms with Gasteiger partial charge in [-0.05, 0) is 43.0 Å². The Bertz CT molecular complexity index is 687. The van der Waals surface area contributed by atoms with Crippen LogP contribution >= 0.6 is 11.6 Å². The summed E-state index contributed by atoms with van der Waals surface area (Å²) in [6.45, 7) is 3.17. The number of hydrogen-bond donors (Lipinski definition) is 0. The molecule has 110 valence electrons. The lowest BCUT2D eigenvalue weighted by molar-refractivity contribution is 0.581. The highest BCUT2D eigenvalue weighted by molar-refractivity contribution is 6.28. The second-order valence-electron chi connectivity index (χ2n) is 4.98. The quantitative estimate of drug-likeness (QED) is 0.853. The lowest BCUT2D eigenvalue weighted by atomic mass is 10.1. The van der Waals surface area contributed by atoms with Crippen molar-refractivity contribution in [1.29, 1.82) is 0 Å². The molecule has 0 amide bonds. The highest BCUT2D eigenvalue weighted by Crippen LogP contribution is 2.27. The Morgan fingerprint density at radius 2 is 1.81 bits per heavy atom. The predicted molar refractivity (Wildman–Crippen MR) is 76.4 cm³/mol. The van der Waals surface area contributed by atoms with Gasteiger partial charge in [0.25, 0.3) is 0 Å². The summed E-state index contributed by atoms with van der Waals surface area (Å²) in [5, 5.41) is -0.0674. The molecule has 0 atom stereocenters. The van der Waals surface area contributed by atoms with Crippen molar-refractivity contribution in [2.45, 2.75) is 19.8 Å². The zero-order valence-electron chi connectivity index (χ0n) is 11.4. The van der Waals surface area contributed by atoms with Gasteiger partial charge < -0.3 is 4.90 Å². The van der Waals surface area contributed by atoms with Crippen LogP contribution in [-0.2, 0) is 0 Å². The summed E-state index contributed by atoms with van der Waals surface area (Å²) in [4.78, 5) is 14.0. The summed E-state index contributed by atoms with van der Waals surface area (Å²) in [5.41, 5.74) is 0.0606. The van der Waals surface area contributed by atoms with E-state index in [9.17, 15) is 8.78 Å². The van der Waals surface area contributed by atoms with Gasteiger partial charge in [-0.25, -0.2) is 8.78 Å². The minimum absolute atomic E-state index is 0.0674. The molecular weight excluding hydrogens is 298 g/mol. The Kier molecular flexibility index (Phi) is 3.71. The average Bonchev–Trinajstić information content (AvgIpc) is 2.97. The van der Waals surface area contributed by atoms with Gasteiger partial charge >= 0.3 is 0 Å². The van der Waals surface area contributed by atoms with E-state index in [0.29, 0.717) is 11.5 Å². The number of rotatable bonds is 2. The van der Waals surface area contributed by atoms with Crippen LogP contribution in [0.3, 0.4) is 0 Å². The molecule has 4 nitrogen and oxygen atoms in total. The highest BCUT2D eigenvalue weighted by atomic mass is 35.5. The Morgan fingerprint density at radius 3 is 2.52 bits per heavy atom. The highest BCUT2D eigenvalue weighted by Gasteiger charge is 2.21. The molecule has 7 heteroatoms. The topological polar surface area (TPSA) is 41.9 Å². The number of benzene rings is 1. The number of aromatic nitrogens is 3. The minimum atomic E-state index is -0.715. The number of aryl methyl sites for hydroxylation is 1. The second kappa shape index (κ2) is 5.52. The van der Waals surface area contributed by atoms with Crippen LogP contribution in [0.25, 0.3) is 11.4 Å². The normalized spacial score (nSPS) is 14.8. The molecule has 21 heavy (non-hydrogen) atoms. The third-order valence-corrected chi connectivity index (χ3v) is 3.66. The van der Waals surface area contributed by atoms with Crippen molar-refractivity contribution in [3.05, 3.63) is 34.6 Å². The third kappa shape index (κ3) is 2.68. The number of halogens is 3. The fraction of sp³-hybridized carbons (Fsp3) is 0.357. The van der Waals surface area contributed by atoms with E-state index in [2.05, 4.69) is 15.0 Å². The maximum atomic E-state index is 14.2. The molecule has 0 saturated carbocycles. The van der Waals surface area contributed by atoms with Crippen molar-refractivity contribution in [1.82, 2.24) is 15.0 Å². The van der Waals surface area contributed by atoms with E-state index in [1.807, 2.05) is 4.90 Å². The molecule has 1 saturated heterocycles. The molecule has 2 heterocycles. The van der Waals surface area contributed by atoms with Crippen LogP contribution in [0.1, 0.15) is 18.4 Å². The summed E-state index contributed by atoms with van der Waals surface area (Å²) in [5.74, 6) is -1.10.